The first-order valence-corrected chi connectivity index (χ1v) is 9.68. The lowest BCUT2D eigenvalue weighted by atomic mass is 10.1. The zero-order chi connectivity index (χ0) is 18.4. The van der Waals surface area contributed by atoms with Crippen molar-refractivity contribution in [3.63, 3.8) is 0 Å². The van der Waals surface area contributed by atoms with E-state index in [4.69, 9.17) is 11.6 Å². The number of rotatable bonds is 7. The van der Waals surface area contributed by atoms with Crippen molar-refractivity contribution in [2.75, 3.05) is 20.6 Å². The molecular weight excluding hydrogens is 360 g/mol. The summed E-state index contributed by atoms with van der Waals surface area (Å²) in [5, 5.41) is 3.01. The van der Waals surface area contributed by atoms with Gasteiger partial charge in [-0.15, -0.1) is 0 Å². The van der Waals surface area contributed by atoms with E-state index in [9.17, 15) is 13.2 Å². The van der Waals surface area contributed by atoms with E-state index in [1.54, 1.807) is 0 Å². The van der Waals surface area contributed by atoms with Gasteiger partial charge >= 0.3 is 0 Å². The van der Waals surface area contributed by atoms with Gasteiger partial charge in [0, 0.05) is 20.6 Å². The summed E-state index contributed by atoms with van der Waals surface area (Å²) >= 11 is 6.06. The van der Waals surface area contributed by atoms with Gasteiger partial charge in [0.25, 0.3) is 5.91 Å². The first-order chi connectivity index (χ1) is 11.8. The minimum atomic E-state index is -3.62. The predicted molar refractivity (Wildman–Crippen MR) is 99.4 cm³/mol. The highest BCUT2D eigenvalue weighted by atomic mass is 35.5. The van der Waals surface area contributed by atoms with Gasteiger partial charge in [-0.25, -0.2) is 12.7 Å². The second-order valence-corrected chi connectivity index (χ2v) is 8.33. The second-order valence-electron chi connectivity index (χ2n) is 5.77. The fourth-order valence-corrected chi connectivity index (χ4v) is 3.42. The summed E-state index contributed by atoms with van der Waals surface area (Å²) in [4.78, 5) is 12.4. The topological polar surface area (TPSA) is 66.5 Å². The lowest BCUT2D eigenvalue weighted by Crippen LogP contribution is -2.26. The molecule has 2 aromatic rings. The molecule has 2 rings (SSSR count). The SMILES string of the molecule is CN(C)S(=O)(=O)c1ccc(Cl)c(C(=O)NCCCc2ccccc2)c1. The summed E-state index contributed by atoms with van der Waals surface area (Å²) < 4.78 is 25.5. The summed E-state index contributed by atoms with van der Waals surface area (Å²) in [5.74, 6) is -0.381. The maximum Gasteiger partial charge on any atom is 0.252 e. The van der Waals surface area contributed by atoms with Crippen molar-refractivity contribution in [2.45, 2.75) is 17.7 Å². The van der Waals surface area contributed by atoms with Gasteiger partial charge in [0.15, 0.2) is 0 Å². The van der Waals surface area contributed by atoms with Crippen LogP contribution in [-0.4, -0.2) is 39.3 Å². The number of halogens is 1. The van der Waals surface area contributed by atoms with Crippen LogP contribution < -0.4 is 5.32 Å². The molecule has 0 aromatic heterocycles. The Hall–Kier alpha value is -1.89. The third-order valence-electron chi connectivity index (χ3n) is 3.73. The summed E-state index contributed by atoms with van der Waals surface area (Å²) in [6, 6.07) is 14.1. The molecule has 0 atom stereocenters. The molecule has 0 radical (unpaired) electrons. The van der Waals surface area contributed by atoms with Crippen molar-refractivity contribution >= 4 is 27.5 Å². The smallest absolute Gasteiger partial charge is 0.252 e. The normalized spacial score (nSPS) is 11.5. The van der Waals surface area contributed by atoms with Gasteiger partial charge < -0.3 is 5.32 Å². The molecule has 0 saturated heterocycles. The molecule has 25 heavy (non-hydrogen) atoms. The maximum atomic E-state index is 12.3. The van der Waals surface area contributed by atoms with Crippen LogP contribution in [0.15, 0.2) is 53.4 Å². The highest BCUT2D eigenvalue weighted by molar-refractivity contribution is 7.89. The van der Waals surface area contributed by atoms with Gasteiger partial charge in [-0.1, -0.05) is 41.9 Å². The Balaban J connectivity index is 2.01. The molecule has 0 aliphatic heterocycles. The summed E-state index contributed by atoms with van der Waals surface area (Å²) in [7, 11) is -0.741. The molecule has 2 aromatic carbocycles. The molecular formula is C18H21ClN2O3S. The van der Waals surface area contributed by atoms with E-state index < -0.39 is 10.0 Å². The number of hydrogen-bond acceptors (Lipinski definition) is 3. The lowest BCUT2D eigenvalue weighted by molar-refractivity contribution is 0.0953. The number of amides is 1. The maximum absolute atomic E-state index is 12.3. The van der Waals surface area contributed by atoms with E-state index in [1.165, 1.54) is 37.9 Å². The highest BCUT2D eigenvalue weighted by Gasteiger charge is 2.20. The van der Waals surface area contributed by atoms with Crippen LogP contribution in [0.4, 0.5) is 0 Å². The Morgan fingerprint density at radius 1 is 1.12 bits per heavy atom. The molecule has 0 unspecified atom stereocenters. The quantitative estimate of drug-likeness (QED) is 0.751. The van der Waals surface area contributed by atoms with E-state index in [-0.39, 0.29) is 21.4 Å². The number of nitrogens with one attached hydrogen (secondary N) is 1. The number of carbonyl (C=O) groups excluding carboxylic acids is 1. The number of aryl methyl sites for hydroxylation is 1. The third-order valence-corrected chi connectivity index (χ3v) is 5.87. The van der Waals surface area contributed by atoms with Gasteiger partial charge in [0.1, 0.15) is 0 Å². The molecule has 0 aliphatic rings. The number of benzene rings is 2. The Morgan fingerprint density at radius 3 is 2.44 bits per heavy atom. The Bertz CT molecular complexity index is 837. The van der Waals surface area contributed by atoms with Crippen molar-refractivity contribution in [1.82, 2.24) is 9.62 Å². The predicted octanol–water partition coefficient (Wildman–Crippen LogP) is 2.95. The monoisotopic (exact) mass is 380 g/mol. The van der Waals surface area contributed by atoms with Crippen molar-refractivity contribution in [3.05, 3.63) is 64.7 Å². The van der Waals surface area contributed by atoms with E-state index >= 15 is 0 Å². The van der Waals surface area contributed by atoms with Crippen molar-refractivity contribution in [1.29, 1.82) is 0 Å². The van der Waals surface area contributed by atoms with Crippen molar-refractivity contribution < 1.29 is 13.2 Å². The van der Waals surface area contributed by atoms with Crippen molar-refractivity contribution in [2.24, 2.45) is 0 Å². The molecule has 7 heteroatoms. The lowest BCUT2D eigenvalue weighted by Gasteiger charge is -2.13. The van der Waals surface area contributed by atoms with Crippen LogP contribution in [0.3, 0.4) is 0 Å². The van der Waals surface area contributed by atoms with Crippen LogP contribution in [0.2, 0.25) is 5.02 Å². The van der Waals surface area contributed by atoms with E-state index in [0.29, 0.717) is 6.54 Å². The highest BCUT2D eigenvalue weighted by Crippen LogP contribution is 2.22. The van der Waals surface area contributed by atoms with Crippen LogP contribution >= 0.6 is 11.6 Å². The van der Waals surface area contributed by atoms with Crippen molar-refractivity contribution in [3.8, 4) is 0 Å². The number of sulfonamides is 1. The van der Waals surface area contributed by atoms with Crippen LogP contribution in [-0.2, 0) is 16.4 Å². The average molecular weight is 381 g/mol. The molecule has 134 valence electrons. The zero-order valence-electron chi connectivity index (χ0n) is 14.2. The molecule has 0 bridgehead atoms. The third kappa shape index (κ3) is 5.04. The number of carbonyl (C=O) groups is 1. The largest absolute Gasteiger partial charge is 0.352 e. The van der Waals surface area contributed by atoms with Crippen LogP contribution in [0, 0.1) is 0 Å². The molecule has 0 spiro atoms. The molecule has 1 N–H and O–H groups in total. The number of nitrogens with zero attached hydrogens (tertiary/aromatic N) is 1. The fraction of sp³-hybridized carbons (Fsp3) is 0.278. The minimum absolute atomic E-state index is 0.0383. The van der Waals surface area contributed by atoms with E-state index in [0.717, 1.165) is 17.1 Å². The summed E-state index contributed by atoms with van der Waals surface area (Å²) in [5.41, 5.74) is 1.36. The first kappa shape index (κ1) is 19.4. The molecule has 0 fully saturated rings. The van der Waals surface area contributed by atoms with Crippen LogP contribution in [0.5, 0.6) is 0 Å². The van der Waals surface area contributed by atoms with Gasteiger partial charge in [-0.05, 0) is 36.6 Å². The Kier molecular flexibility index (Phi) is 6.58. The molecule has 5 nitrogen and oxygen atoms in total. The summed E-state index contributed by atoms with van der Waals surface area (Å²) in [6.07, 6.45) is 1.63. The van der Waals surface area contributed by atoms with Crippen LogP contribution in [0.1, 0.15) is 22.3 Å². The summed E-state index contributed by atoms with van der Waals surface area (Å²) in [6.45, 7) is 0.481. The molecule has 0 saturated carbocycles. The zero-order valence-corrected chi connectivity index (χ0v) is 15.8. The van der Waals surface area contributed by atoms with E-state index in [2.05, 4.69) is 5.32 Å². The van der Waals surface area contributed by atoms with Gasteiger partial charge in [-0.3, -0.25) is 4.79 Å². The molecule has 0 heterocycles. The van der Waals surface area contributed by atoms with Crippen LogP contribution in [0.25, 0.3) is 0 Å². The minimum Gasteiger partial charge on any atom is -0.352 e. The first-order valence-electron chi connectivity index (χ1n) is 7.86. The average Bonchev–Trinajstić information content (AvgIpc) is 2.59. The van der Waals surface area contributed by atoms with Gasteiger partial charge in [0.05, 0.1) is 15.5 Å². The molecule has 1 amide bonds. The molecule has 0 aliphatic carbocycles. The Labute approximate surface area is 153 Å². The standard InChI is InChI=1S/C18H21ClN2O3S/c1-21(2)25(23,24)15-10-11-17(19)16(13-15)18(22)20-12-6-9-14-7-4-3-5-8-14/h3-5,7-8,10-11,13H,6,9,12H2,1-2H3,(H,20,22). The second kappa shape index (κ2) is 8.47. The van der Waals surface area contributed by atoms with E-state index in [1.807, 2.05) is 30.3 Å². The Morgan fingerprint density at radius 2 is 1.80 bits per heavy atom. The number of hydrogen-bond donors (Lipinski definition) is 1. The fourth-order valence-electron chi connectivity index (χ4n) is 2.28. The van der Waals surface area contributed by atoms with Gasteiger partial charge in [0.2, 0.25) is 10.0 Å². The van der Waals surface area contributed by atoms with Gasteiger partial charge in [-0.2, -0.15) is 0 Å².